The van der Waals surface area contributed by atoms with Gasteiger partial charge in [0.25, 0.3) is 0 Å². The van der Waals surface area contributed by atoms with Crippen molar-refractivity contribution in [3.8, 4) is 5.75 Å². The van der Waals surface area contributed by atoms with Crippen molar-refractivity contribution >= 4 is 11.6 Å². The molecule has 1 atom stereocenters. The predicted octanol–water partition coefficient (Wildman–Crippen LogP) is 3.93. The summed E-state index contributed by atoms with van der Waals surface area (Å²) in [5.41, 5.74) is 0.883. The molecule has 2 aromatic rings. The predicted molar refractivity (Wildman–Crippen MR) is 84.9 cm³/mol. The minimum atomic E-state index is -2.88. The van der Waals surface area contributed by atoms with Gasteiger partial charge < -0.3 is 14.5 Å². The molecule has 0 spiro atoms. The molecule has 0 aliphatic heterocycles. The highest BCUT2D eigenvalue weighted by atomic mass is 35.5. The van der Waals surface area contributed by atoms with Gasteiger partial charge in [-0.2, -0.15) is 8.78 Å². The summed E-state index contributed by atoms with van der Waals surface area (Å²) in [6, 6.07) is 8.65. The number of hydrogen-bond donors (Lipinski definition) is 1. The van der Waals surface area contributed by atoms with Crippen molar-refractivity contribution in [1.29, 1.82) is 0 Å². The Labute approximate surface area is 139 Å². The number of halogens is 3. The van der Waals surface area contributed by atoms with Crippen LogP contribution in [0.3, 0.4) is 0 Å². The second kappa shape index (κ2) is 8.29. The van der Waals surface area contributed by atoms with E-state index in [0.717, 1.165) is 11.3 Å². The standard InChI is InChI=1S/C16H19ClF2N2O2/c1-21(2)13(15-4-3-7-22-15)10-20-9-11-5-6-14(12(17)8-11)23-16(18)19/h3-8,13,16,20H,9-10H2,1-2H3. The molecular weight excluding hydrogens is 326 g/mol. The summed E-state index contributed by atoms with van der Waals surface area (Å²) in [7, 11) is 3.95. The van der Waals surface area contributed by atoms with Crippen LogP contribution in [0.5, 0.6) is 5.75 Å². The van der Waals surface area contributed by atoms with Crippen molar-refractivity contribution < 1.29 is 17.9 Å². The smallest absolute Gasteiger partial charge is 0.387 e. The molecule has 4 nitrogen and oxygen atoms in total. The fourth-order valence-corrected chi connectivity index (χ4v) is 2.47. The van der Waals surface area contributed by atoms with E-state index in [4.69, 9.17) is 16.0 Å². The van der Waals surface area contributed by atoms with Gasteiger partial charge in [0.15, 0.2) is 0 Å². The van der Waals surface area contributed by atoms with Gasteiger partial charge in [-0.05, 0) is 43.9 Å². The van der Waals surface area contributed by atoms with E-state index in [-0.39, 0.29) is 16.8 Å². The first-order valence-corrected chi connectivity index (χ1v) is 7.49. The van der Waals surface area contributed by atoms with Gasteiger partial charge in [0.2, 0.25) is 0 Å². The Bertz CT molecular complexity index is 606. The Morgan fingerprint density at radius 3 is 2.65 bits per heavy atom. The van der Waals surface area contributed by atoms with E-state index in [0.29, 0.717) is 13.1 Å². The fraction of sp³-hybridized carbons (Fsp3) is 0.375. The molecule has 0 saturated carbocycles. The van der Waals surface area contributed by atoms with Crippen molar-refractivity contribution in [3.63, 3.8) is 0 Å². The summed E-state index contributed by atoms with van der Waals surface area (Å²) in [5, 5.41) is 3.48. The summed E-state index contributed by atoms with van der Waals surface area (Å²) in [6.07, 6.45) is 1.65. The summed E-state index contributed by atoms with van der Waals surface area (Å²) >= 11 is 5.94. The molecule has 1 N–H and O–H groups in total. The number of nitrogens with one attached hydrogen (secondary N) is 1. The van der Waals surface area contributed by atoms with E-state index in [1.165, 1.54) is 6.07 Å². The SMILES string of the molecule is CN(C)C(CNCc1ccc(OC(F)F)c(Cl)c1)c1ccco1. The Kier molecular flexibility index (Phi) is 6.38. The number of ether oxygens (including phenoxy) is 1. The summed E-state index contributed by atoms with van der Waals surface area (Å²) < 4.78 is 34.2. The molecule has 0 radical (unpaired) electrons. The van der Waals surface area contributed by atoms with E-state index < -0.39 is 6.61 Å². The third-order valence-electron chi connectivity index (χ3n) is 3.37. The molecule has 0 aliphatic rings. The van der Waals surface area contributed by atoms with Crippen molar-refractivity contribution in [2.24, 2.45) is 0 Å². The minimum absolute atomic E-state index is 0.0211. The van der Waals surface area contributed by atoms with Gasteiger partial charge in [-0.3, -0.25) is 4.90 Å². The molecule has 0 aliphatic carbocycles. The van der Waals surface area contributed by atoms with Crippen LogP contribution in [-0.2, 0) is 6.54 Å². The van der Waals surface area contributed by atoms with Crippen molar-refractivity contribution in [2.45, 2.75) is 19.2 Å². The molecule has 1 aromatic carbocycles. The average Bonchev–Trinajstić information content (AvgIpc) is 2.99. The first kappa shape index (κ1) is 17.7. The molecule has 126 valence electrons. The second-order valence-electron chi connectivity index (χ2n) is 5.27. The van der Waals surface area contributed by atoms with E-state index in [2.05, 4.69) is 15.0 Å². The molecule has 0 saturated heterocycles. The zero-order valence-electron chi connectivity index (χ0n) is 12.9. The van der Waals surface area contributed by atoms with Crippen LogP contribution in [0, 0.1) is 0 Å². The number of alkyl halides is 2. The number of rotatable bonds is 8. The highest BCUT2D eigenvalue weighted by Crippen LogP contribution is 2.27. The van der Waals surface area contributed by atoms with Crippen LogP contribution in [0.1, 0.15) is 17.4 Å². The van der Waals surface area contributed by atoms with E-state index in [9.17, 15) is 8.78 Å². The Morgan fingerprint density at radius 2 is 2.09 bits per heavy atom. The van der Waals surface area contributed by atoms with Gasteiger partial charge in [0.05, 0.1) is 17.3 Å². The van der Waals surface area contributed by atoms with Crippen LogP contribution >= 0.6 is 11.6 Å². The van der Waals surface area contributed by atoms with Crippen LogP contribution in [0.2, 0.25) is 5.02 Å². The number of likely N-dealkylation sites (N-methyl/N-ethyl adjacent to an activating group) is 1. The topological polar surface area (TPSA) is 37.6 Å². The zero-order chi connectivity index (χ0) is 16.8. The molecule has 0 fully saturated rings. The van der Waals surface area contributed by atoms with Gasteiger partial charge in [0, 0.05) is 13.1 Å². The molecule has 0 bridgehead atoms. The molecular formula is C16H19ClF2N2O2. The third kappa shape index (κ3) is 5.20. The van der Waals surface area contributed by atoms with Crippen LogP contribution in [0.15, 0.2) is 41.0 Å². The van der Waals surface area contributed by atoms with Gasteiger partial charge in [-0.1, -0.05) is 17.7 Å². The second-order valence-corrected chi connectivity index (χ2v) is 5.68. The van der Waals surface area contributed by atoms with Gasteiger partial charge >= 0.3 is 6.61 Å². The van der Waals surface area contributed by atoms with Crippen LogP contribution in [0.4, 0.5) is 8.78 Å². The molecule has 7 heteroatoms. The highest BCUT2D eigenvalue weighted by Gasteiger charge is 2.16. The highest BCUT2D eigenvalue weighted by molar-refractivity contribution is 6.32. The minimum Gasteiger partial charge on any atom is -0.468 e. The monoisotopic (exact) mass is 344 g/mol. The first-order chi connectivity index (χ1) is 11.0. The van der Waals surface area contributed by atoms with Gasteiger partial charge in [-0.15, -0.1) is 0 Å². The maximum absolute atomic E-state index is 12.2. The molecule has 1 unspecified atom stereocenters. The van der Waals surface area contributed by atoms with Gasteiger partial charge in [0.1, 0.15) is 11.5 Å². The third-order valence-corrected chi connectivity index (χ3v) is 3.67. The van der Waals surface area contributed by atoms with E-state index >= 15 is 0 Å². The quantitative estimate of drug-likeness (QED) is 0.787. The summed E-state index contributed by atoms with van der Waals surface area (Å²) in [4.78, 5) is 2.05. The Balaban J connectivity index is 1.91. The number of nitrogens with zero attached hydrogens (tertiary/aromatic N) is 1. The number of hydrogen-bond acceptors (Lipinski definition) is 4. The number of furan rings is 1. The average molecular weight is 345 g/mol. The molecule has 2 rings (SSSR count). The lowest BCUT2D eigenvalue weighted by Gasteiger charge is -2.22. The van der Waals surface area contributed by atoms with E-state index in [1.54, 1.807) is 18.4 Å². The summed E-state index contributed by atoms with van der Waals surface area (Å²) in [6.45, 7) is -1.65. The maximum Gasteiger partial charge on any atom is 0.387 e. The molecule has 23 heavy (non-hydrogen) atoms. The zero-order valence-corrected chi connectivity index (χ0v) is 13.7. The van der Waals surface area contributed by atoms with Crippen LogP contribution in [-0.4, -0.2) is 32.2 Å². The van der Waals surface area contributed by atoms with Crippen molar-refractivity contribution in [2.75, 3.05) is 20.6 Å². The lowest BCUT2D eigenvalue weighted by atomic mass is 10.2. The largest absolute Gasteiger partial charge is 0.468 e. The molecule has 0 amide bonds. The lowest BCUT2D eigenvalue weighted by Crippen LogP contribution is -2.30. The van der Waals surface area contributed by atoms with Crippen molar-refractivity contribution in [1.82, 2.24) is 10.2 Å². The lowest BCUT2D eigenvalue weighted by molar-refractivity contribution is -0.0497. The fourth-order valence-electron chi connectivity index (χ4n) is 2.22. The maximum atomic E-state index is 12.2. The molecule has 1 aromatic heterocycles. The van der Waals surface area contributed by atoms with Gasteiger partial charge in [-0.25, -0.2) is 0 Å². The van der Waals surface area contributed by atoms with Crippen LogP contribution < -0.4 is 10.1 Å². The first-order valence-electron chi connectivity index (χ1n) is 7.11. The number of benzene rings is 1. The van der Waals surface area contributed by atoms with Crippen molar-refractivity contribution in [3.05, 3.63) is 52.9 Å². The normalized spacial score (nSPS) is 12.8. The van der Waals surface area contributed by atoms with E-state index in [1.807, 2.05) is 26.2 Å². The Morgan fingerprint density at radius 1 is 1.30 bits per heavy atom. The molecule has 1 heterocycles. The van der Waals surface area contributed by atoms with Crippen LogP contribution in [0.25, 0.3) is 0 Å². The summed E-state index contributed by atoms with van der Waals surface area (Å²) in [5.74, 6) is 0.855. The Hall–Kier alpha value is -1.63.